The summed E-state index contributed by atoms with van der Waals surface area (Å²) in [7, 11) is 0. The van der Waals surface area contributed by atoms with Gasteiger partial charge in [-0.3, -0.25) is 4.79 Å². The summed E-state index contributed by atoms with van der Waals surface area (Å²) in [6.07, 6.45) is 0. The highest BCUT2D eigenvalue weighted by Crippen LogP contribution is 2.34. The molecule has 0 saturated carbocycles. The molecule has 21 heavy (non-hydrogen) atoms. The molecule has 110 valence electrons. The van der Waals surface area contributed by atoms with Crippen LogP contribution in [0.2, 0.25) is 5.02 Å². The van der Waals surface area contributed by atoms with Gasteiger partial charge in [-0.2, -0.15) is 0 Å². The van der Waals surface area contributed by atoms with Gasteiger partial charge in [0.1, 0.15) is 11.5 Å². The Balaban J connectivity index is 2.38. The van der Waals surface area contributed by atoms with E-state index in [0.29, 0.717) is 34.3 Å². The van der Waals surface area contributed by atoms with Crippen molar-refractivity contribution < 1.29 is 9.53 Å². The topological polar surface area (TPSA) is 64.4 Å². The summed E-state index contributed by atoms with van der Waals surface area (Å²) < 4.78 is 6.59. The van der Waals surface area contributed by atoms with Gasteiger partial charge in [0.2, 0.25) is 0 Å². The van der Waals surface area contributed by atoms with Crippen molar-refractivity contribution in [3.63, 3.8) is 0 Å². The van der Waals surface area contributed by atoms with Crippen LogP contribution in [0.25, 0.3) is 0 Å². The second kappa shape index (κ2) is 6.83. The first-order valence-electron chi connectivity index (χ1n) is 6.32. The van der Waals surface area contributed by atoms with E-state index in [1.54, 1.807) is 36.4 Å². The zero-order chi connectivity index (χ0) is 15.4. The number of benzene rings is 2. The summed E-state index contributed by atoms with van der Waals surface area (Å²) >= 11 is 9.45. The molecule has 0 aliphatic rings. The highest BCUT2D eigenvalue weighted by molar-refractivity contribution is 9.10. The predicted octanol–water partition coefficient (Wildman–Crippen LogP) is 4.23. The molecule has 2 aromatic rings. The minimum absolute atomic E-state index is 0.222. The minimum Gasteiger partial charge on any atom is -0.455 e. The second-order valence-corrected chi connectivity index (χ2v) is 5.61. The van der Waals surface area contributed by atoms with Crippen LogP contribution in [0.5, 0.6) is 11.5 Å². The lowest BCUT2D eigenvalue weighted by Gasteiger charge is -2.13. The summed E-state index contributed by atoms with van der Waals surface area (Å²) in [5, 5.41) is 3.17. The smallest absolute Gasteiger partial charge is 0.255 e. The van der Waals surface area contributed by atoms with Crippen molar-refractivity contribution in [1.29, 1.82) is 0 Å². The number of carbonyl (C=O) groups is 1. The third-order valence-electron chi connectivity index (χ3n) is 2.70. The zero-order valence-electron chi connectivity index (χ0n) is 11.3. The van der Waals surface area contributed by atoms with Crippen molar-refractivity contribution in [2.45, 2.75) is 6.92 Å². The average molecular weight is 370 g/mol. The van der Waals surface area contributed by atoms with Crippen molar-refractivity contribution in [3.8, 4) is 11.5 Å². The molecule has 4 nitrogen and oxygen atoms in total. The lowest BCUT2D eigenvalue weighted by Crippen LogP contribution is -2.23. The molecule has 0 fully saturated rings. The van der Waals surface area contributed by atoms with E-state index in [4.69, 9.17) is 22.1 Å². The number of nitrogens with one attached hydrogen (secondary N) is 1. The number of halogens is 2. The zero-order valence-corrected chi connectivity index (χ0v) is 13.7. The summed E-state index contributed by atoms with van der Waals surface area (Å²) in [5.74, 6) is 0.599. The maximum absolute atomic E-state index is 12.0. The standard InChI is InChI=1S/C15H14BrClN2O2/c1-2-19-15(20)11-5-4-10(18)8-14(11)21-13-6-3-9(16)7-12(13)17/h3-8H,2,18H2,1H3,(H,19,20). The number of carbonyl (C=O) groups excluding carboxylic acids is 1. The Morgan fingerprint density at radius 2 is 2.05 bits per heavy atom. The van der Waals surface area contributed by atoms with Gasteiger partial charge in [0.05, 0.1) is 10.6 Å². The number of hydrogen-bond donors (Lipinski definition) is 2. The van der Waals surface area contributed by atoms with E-state index in [0.717, 1.165) is 4.47 Å². The van der Waals surface area contributed by atoms with Gasteiger partial charge in [-0.1, -0.05) is 27.5 Å². The first-order chi connectivity index (χ1) is 10.0. The third-order valence-corrected chi connectivity index (χ3v) is 3.49. The van der Waals surface area contributed by atoms with Crippen LogP contribution in [0, 0.1) is 0 Å². The van der Waals surface area contributed by atoms with Gasteiger partial charge in [0.25, 0.3) is 5.91 Å². The largest absolute Gasteiger partial charge is 0.455 e. The van der Waals surface area contributed by atoms with E-state index in [9.17, 15) is 4.79 Å². The molecule has 6 heteroatoms. The van der Waals surface area contributed by atoms with E-state index < -0.39 is 0 Å². The van der Waals surface area contributed by atoms with Crippen molar-refractivity contribution in [3.05, 3.63) is 51.5 Å². The molecule has 0 unspecified atom stereocenters. The van der Waals surface area contributed by atoms with Crippen LogP contribution in [0.1, 0.15) is 17.3 Å². The number of nitrogens with two attached hydrogens (primary N) is 1. The first kappa shape index (κ1) is 15.7. The van der Waals surface area contributed by atoms with Gasteiger partial charge in [0, 0.05) is 22.8 Å². The molecule has 0 aliphatic heterocycles. The van der Waals surface area contributed by atoms with E-state index in [1.165, 1.54) is 0 Å². The Hall–Kier alpha value is -1.72. The van der Waals surface area contributed by atoms with Crippen molar-refractivity contribution >= 4 is 39.1 Å². The summed E-state index contributed by atoms with van der Waals surface area (Å²) in [6.45, 7) is 2.38. The Kier molecular flexibility index (Phi) is 5.09. The van der Waals surface area contributed by atoms with Gasteiger partial charge in [-0.15, -0.1) is 0 Å². The second-order valence-electron chi connectivity index (χ2n) is 4.29. The average Bonchev–Trinajstić information content (AvgIpc) is 2.42. The van der Waals surface area contributed by atoms with Crippen molar-refractivity contribution in [1.82, 2.24) is 5.32 Å². The van der Waals surface area contributed by atoms with E-state index in [1.807, 2.05) is 6.92 Å². The maximum atomic E-state index is 12.0. The molecule has 2 aromatic carbocycles. The monoisotopic (exact) mass is 368 g/mol. The van der Waals surface area contributed by atoms with Crippen LogP contribution in [0.3, 0.4) is 0 Å². The number of nitrogen functional groups attached to an aromatic ring is 1. The Morgan fingerprint density at radius 1 is 1.29 bits per heavy atom. The lowest BCUT2D eigenvalue weighted by molar-refractivity contribution is 0.0953. The molecular formula is C15H14BrClN2O2. The van der Waals surface area contributed by atoms with Gasteiger partial charge in [0.15, 0.2) is 0 Å². The molecule has 0 aromatic heterocycles. The highest BCUT2D eigenvalue weighted by atomic mass is 79.9. The number of amides is 1. The van der Waals surface area contributed by atoms with E-state index >= 15 is 0 Å². The highest BCUT2D eigenvalue weighted by Gasteiger charge is 2.14. The van der Waals surface area contributed by atoms with Crippen LogP contribution in [0.4, 0.5) is 5.69 Å². The van der Waals surface area contributed by atoms with Crippen molar-refractivity contribution in [2.75, 3.05) is 12.3 Å². The SMILES string of the molecule is CCNC(=O)c1ccc(N)cc1Oc1ccc(Br)cc1Cl. The molecule has 0 aliphatic carbocycles. The fourth-order valence-electron chi connectivity index (χ4n) is 1.74. The van der Waals surface area contributed by atoms with Crippen LogP contribution in [-0.4, -0.2) is 12.5 Å². The predicted molar refractivity (Wildman–Crippen MR) is 88.1 cm³/mol. The van der Waals surface area contributed by atoms with Crippen LogP contribution in [0.15, 0.2) is 40.9 Å². The molecule has 0 saturated heterocycles. The Bertz CT molecular complexity index is 677. The summed E-state index contributed by atoms with van der Waals surface area (Å²) in [5.41, 5.74) is 6.68. The Morgan fingerprint density at radius 3 is 2.71 bits per heavy atom. The molecule has 0 bridgehead atoms. The molecular weight excluding hydrogens is 356 g/mol. The number of rotatable bonds is 4. The minimum atomic E-state index is -0.222. The summed E-state index contributed by atoms with van der Waals surface area (Å²) in [4.78, 5) is 12.0. The third kappa shape index (κ3) is 3.89. The molecule has 3 N–H and O–H groups in total. The normalized spacial score (nSPS) is 10.2. The van der Waals surface area contributed by atoms with Crippen LogP contribution < -0.4 is 15.8 Å². The van der Waals surface area contributed by atoms with Gasteiger partial charge in [-0.05, 0) is 37.3 Å². The quantitative estimate of drug-likeness (QED) is 0.793. The van der Waals surface area contributed by atoms with E-state index in [2.05, 4.69) is 21.2 Å². The number of ether oxygens (including phenoxy) is 1. The van der Waals surface area contributed by atoms with E-state index in [-0.39, 0.29) is 5.91 Å². The number of hydrogen-bond acceptors (Lipinski definition) is 3. The molecule has 0 atom stereocenters. The molecule has 2 rings (SSSR count). The molecule has 0 spiro atoms. The van der Waals surface area contributed by atoms with Crippen molar-refractivity contribution in [2.24, 2.45) is 0 Å². The number of anilines is 1. The van der Waals surface area contributed by atoms with Crippen LogP contribution in [-0.2, 0) is 0 Å². The fraction of sp³-hybridized carbons (Fsp3) is 0.133. The Labute approximate surface area is 136 Å². The van der Waals surface area contributed by atoms with Gasteiger partial charge >= 0.3 is 0 Å². The molecule has 0 heterocycles. The first-order valence-corrected chi connectivity index (χ1v) is 7.49. The summed E-state index contributed by atoms with van der Waals surface area (Å²) in [6, 6.07) is 10.1. The molecule has 1 amide bonds. The maximum Gasteiger partial charge on any atom is 0.255 e. The van der Waals surface area contributed by atoms with Gasteiger partial charge in [-0.25, -0.2) is 0 Å². The van der Waals surface area contributed by atoms with Gasteiger partial charge < -0.3 is 15.8 Å². The van der Waals surface area contributed by atoms with Crippen LogP contribution >= 0.6 is 27.5 Å². The lowest BCUT2D eigenvalue weighted by atomic mass is 10.1. The fourth-order valence-corrected chi connectivity index (χ4v) is 2.46. The molecule has 0 radical (unpaired) electrons.